The Labute approximate surface area is 252 Å². The molecule has 0 saturated carbocycles. The van der Waals surface area contributed by atoms with Crippen molar-refractivity contribution in [2.24, 2.45) is 0 Å². The second-order valence-electron chi connectivity index (χ2n) is 11.5. The standard InChI is InChI=1S/C40H24N4/c1-2-12-25(13-3-1)39-30-18-7-9-19-33(30)41-40(42-39)44-35-21-11-8-17-29(35)32-23-31-27-15-5-6-16-28(27)36-22-26-14-4-10-20-34(26)43(36)37(31)24-38(32)44/h1-24H. The number of pyridine rings is 1. The summed E-state index contributed by atoms with van der Waals surface area (Å²) in [5, 5.41) is 8.39. The molecule has 0 bridgehead atoms. The maximum Gasteiger partial charge on any atom is 0.235 e. The van der Waals surface area contributed by atoms with Crippen molar-refractivity contribution in [3.8, 4) is 17.2 Å². The molecule has 0 aliphatic carbocycles. The van der Waals surface area contributed by atoms with E-state index in [4.69, 9.17) is 9.97 Å². The van der Waals surface area contributed by atoms with E-state index in [2.05, 4.69) is 142 Å². The van der Waals surface area contributed by atoms with Crippen molar-refractivity contribution < 1.29 is 0 Å². The average Bonchev–Trinajstić information content (AvgIpc) is 3.64. The number of aromatic nitrogens is 4. The molecule has 0 spiro atoms. The van der Waals surface area contributed by atoms with Crippen LogP contribution in [-0.2, 0) is 0 Å². The maximum atomic E-state index is 5.29. The summed E-state index contributed by atoms with van der Waals surface area (Å²) in [4.78, 5) is 10.5. The van der Waals surface area contributed by atoms with E-state index >= 15 is 0 Å². The van der Waals surface area contributed by atoms with Gasteiger partial charge in [0.2, 0.25) is 5.95 Å². The first-order chi connectivity index (χ1) is 21.8. The molecule has 10 rings (SSSR count). The van der Waals surface area contributed by atoms with Crippen molar-refractivity contribution in [1.29, 1.82) is 0 Å². The highest BCUT2D eigenvalue weighted by molar-refractivity contribution is 6.21. The van der Waals surface area contributed by atoms with Crippen molar-refractivity contribution in [2.75, 3.05) is 0 Å². The third kappa shape index (κ3) is 3.17. The van der Waals surface area contributed by atoms with Gasteiger partial charge in [-0.1, -0.05) is 109 Å². The second kappa shape index (κ2) is 8.76. The van der Waals surface area contributed by atoms with E-state index in [-0.39, 0.29) is 0 Å². The molecular formula is C40H24N4. The Kier molecular flexibility index (Phi) is 4.69. The lowest BCUT2D eigenvalue weighted by Crippen LogP contribution is -2.03. The molecule has 0 N–H and O–H groups in total. The number of rotatable bonds is 2. The van der Waals surface area contributed by atoms with Gasteiger partial charge in [-0.05, 0) is 41.8 Å². The summed E-state index contributed by atoms with van der Waals surface area (Å²) in [5.74, 6) is 0.669. The lowest BCUT2D eigenvalue weighted by atomic mass is 10.0. The van der Waals surface area contributed by atoms with Crippen LogP contribution in [0.15, 0.2) is 146 Å². The Hall–Kier alpha value is -6.00. The van der Waals surface area contributed by atoms with Gasteiger partial charge in [0.1, 0.15) is 0 Å². The molecule has 0 radical (unpaired) electrons. The summed E-state index contributed by atoms with van der Waals surface area (Å²) in [6.07, 6.45) is 0. The predicted molar refractivity (Wildman–Crippen MR) is 183 cm³/mol. The van der Waals surface area contributed by atoms with Crippen molar-refractivity contribution in [2.45, 2.75) is 0 Å². The van der Waals surface area contributed by atoms with Gasteiger partial charge >= 0.3 is 0 Å². The van der Waals surface area contributed by atoms with Crippen LogP contribution >= 0.6 is 0 Å². The highest BCUT2D eigenvalue weighted by atomic mass is 15.2. The van der Waals surface area contributed by atoms with Crippen LogP contribution in [0.2, 0.25) is 0 Å². The van der Waals surface area contributed by atoms with Crippen LogP contribution in [0, 0.1) is 0 Å². The van der Waals surface area contributed by atoms with Crippen LogP contribution in [0.1, 0.15) is 0 Å². The smallest absolute Gasteiger partial charge is 0.235 e. The predicted octanol–water partition coefficient (Wildman–Crippen LogP) is 10.1. The van der Waals surface area contributed by atoms with E-state index in [1.54, 1.807) is 0 Å². The summed E-state index contributed by atoms with van der Waals surface area (Å²) < 4.78 is 4.67. The Morgan fingerprint density at radius 3 is 1.84 bits per heavy atom. The van der Waals surface area contributed by atoms with Gasteiger partial charge in [-0.25, -0.2) is 9.97 Å². The van der Waals surface area contributed by atoms with Gasteiger partial charge in [0, 0.05) is 37.9 Å². The molecule has 0 aliphatic rings. The van der Waals surface area contributed by atoms with E-state index < -0.39 is 0 Å². The summed E-state index contributed by atoms with van der Waals surface area (Å²) in [6, 6.07) is 51.8. The minimum atomic E-state index is 0.669. The SMILES string of the molecule is c1ccc(-c2nc(-n3c4ccccc4c4cc5c6ccccc6c6cc7ccccc7n6c5cc43)nc3ccccc23)cc1. The van der Waals surface area contributed by atoms with Gasteiger partial charge in [0.05, 0.1) is 38.8 Å². The Morgan fingerprint density at radius 1 is 0.386 bits per heavy atom. The van der Waals surface area contributed by atoms with Gasteiger partial charge in [-0.3, -0.25) is 4.57 Å². The molecule has 4 heteroatoms. The monoisotopic (exact) mass is 560 g/mol. The fraction of sp³-hybridized carbons (Fsp3) is 0. The van der Waals surface area contributed by atoms with Crippen LogP contribution in [0.4, 0.5) is 0 Å². The minimum Gasteiger partial charge on any atom is -0.309 e. The average molecular weight is 561 g/mol. The molecule has 44 heavy (non-hydrogen) atoms. The van der Waals surface area contributed by atoms with Gasteiger partial charge in [0.25, 0.3) is 0 Å². The van der Waals surface area contributed by atoms with Crippen LogP contribution in [0.25, 0.3) is 88.0 Å². The Balaban J connectivity index is 1.40. The van der Waals surface area contributed by atoms with Gasteiger partial charge in [-0.2, -0.15) is 0 Å². The first-order valence-corrected chi connectivity index (χ1v) is 14.9. The molecule has 0 saturated heterocycles. The topological polar surface area (TPSA) is 35.1 Å². The maximum absolute atomic E-state index is 5.29. The van der Waals surface area contributed by atoms with Crippen LogP contribution in [0.3, 0.4) is 0 Å². The van der Waals surface area contributed by atoms with E-state index in [9.17, 15) is 0 Å². The van der Waals surface area contributed by atoms with Crippen molar-refractivity contribution >= 4 is 70.8 Å². The van der Waals surface area contributed by atoms with E-state index in [0.717, 1.165) is 33.2 Å². The summed E-state index contributed by atoms with van der Waals surface area (Å²) in [6.45, 7) is 0. The van der Waals surface area contributed by atoms with Crippen molar-refractivity contribution in [3.05, 3.63) is 146 Å². The third-order valence-corrected chi connectivity index (χ3v) is 9.07. The molecule has 0 atom stereocenters. The van der Waals surface area contributed by atoms with E-state index in [1.807, 2.05) is 12.1 Å². The number of hydrogen-bond donors (Lipinski definition) is 0. The number of fused-ring (bicyclic) bond motifs is 12. The fourth-order valence-electron chi connectivity index (χ4n) is 7.15. The molecule has 0 aliphatic heterocycles. The zero-order chi connectivity index (χ0) is 28.8. The number of nitrogens with zero attached hydrogens (tertiary/aromatic N) is 4. The zero-order valence-corrected chi connectivity index (χ0v) is 23.6. The molecule has 4 nitrogen and oxygen atoms in total. The molecule has 0 unspecified atom stereocenters. The number of benzene rings is 6. The van der Waals surface area contributed by atoms with Crippen molar-refractivity contribution in [1.82, 2.24) is 18.9 Å². The van der Waals surface area contributed by atoms with Crippen molar-refractivity contribution in [3.63, 3.8) is 0 Å². The first kappa shape index (κ1) is 23.6. The Bertz CT molecular complexity index is 2770. The lowest BCUT2D eigenvalue weighted by Gasteiger charge is -2.13. The van der Waals surface area contributed by atoms with Crippen LogP contribution in [-0.4, -0.2) is 18.9 Å². The second-order valence-corrected chi connectivity index (χ2v) is 11.5. The fourth-order valence-corrected chi connectivity index (χ4v) is 7.15. The van der Waals surface area contributed by atoms with Gasteiger partial charge < -0.3 is 4.40 Å². The normalized spacial score (nSPS) is 12.1. The first-order valence-electron chi connectivity index (χ1n) is 14.9. The highest BCUT2D eigenvalue weighted by Crippen LogP contribution is 2.40. The summed E-state index contributed by atoms with van der Waals surface area (Å²) in [7, 11) is 0. The van der Waals surface area contributed by atoms with Crippen LogP contribution < -0.4 is 0 Å². The molecule has 204 valence electrons. The molecular weight excluding hydrogens is 536 g/mol. The number of hydrogen-bond acceptors (Lipinski definition) is 2. The van der Waals surface area contributed by atoms with Gasteiger partial charge in [0.15, 0.2) is 0 Å². The van der Waals surface area contributed by atoms with Gasteiger partial charge in [-0.15, -0.1) is 0 Å². The molecule has 0 fully saturated rings. The minimum absolute atomic E-state index is 0.669. The Morgan fingerprint density at radius 2 is 1.00 bits per heavy atom. The molecule has 10 aromatic rings. The highest BCUT2D eigenvalue weighted by Gasteiger charge is 2.20. The third-order valence-electron chi connectivity index (χ3n) is 9.07. The quantitative estimate of drug-likeness (QED) is 0.197. The number of para-hydroxylation sites is 3. The zero-order valence-electron chi connectivity index (χ0n) is 23.6. The van der Waals surface area contributed by atoms with E-state index in [1.165, 1.54) is 48.9 Å². The van der Waals surface area contributed by atoms with Crippen LogP contribution in [0.5, 0.6) is 0 Å². The lowest BCUT2D eigenvalue weighted by molar-refractivity contribution is 1.01. The molecule has 4 heterocycles. The van der Waals surface area contributed by atoms with E-state index in [0.29, 0.717) is 5.95 Å². The molecule has 0 amide bonds. The summed E-state index contributed by atoms with van der Waals surface area (Å²) >= 11 is 0. The molecule has 6 aromatic carbocycles. The molecule has 4 aromatic heterocycles. The largest absolute Gasteiger partial charge is 0.309 e. The summed E-state index contributed by atoms with van der Waals surface area (Å²) in [5.41, 5.74) is 8.69.